The van der Waals surface area contributed by atoms with Crippen LogP contribution in [0, 0.1) is 0 Å². The fourth-order valence-electron chi connectivity index (χ4n) is 11.3. The van der Waals surface area contributed by atoms with Crippen LogP contribution in [-0.4, -0.2) is 13.4 Å². The van der Waals surface area contributed by atoms with Crippen LogP contribution in [-0.2, 0) is 0 Å². The van der Waals surface area contributed by atoms with Crippen molar-refractivity contribution >= 4 is 97.4 Å². The Morgan fingerprint density at radius 2 is 0.652 bits per heavy atom. The molecule has 0 saturated heterocycles. The summed E-state index contributed by atoms with van der Waals surface area (Å²) in [6, 6.07) is 78.5. The van der Waals surface area contributed by atoms with Gasteiger partial charge in [0.25, 0.3) is 13.4 Å². The number of benzene rings is 10. The van der Waals surface area contributed by atoms with E-state index in [-0.39, 0.29) is 13.4 Å². The van der Waals surface area contributed by atoms with Crippen LogP contribution >= 0.6 is 0 Å². The monoisotopic (exact) mass is 885 g/mol. The van der Waals surface area contributed by atoms with Gasteiger partial charge in [-0.05, 0) is 107 Å². The van der Waals surface area contributed by atoms with E-state index in [2.05, 4.69) is 215 Å². The van der Waals surface area contributed by atoms with Crippen molar-refractivity contribution in [2.24, 2.45) is 0 Å². The third kappa shape index (κ3) is 5.71. The molecular formula is C60H37B2N3O4. The van der Waals surface area contributed by atoms with Crippen LogP contribution in [0.15, 0.2) is 224 Å². The third-order valence-corrected chi connectivity index (χ3v) is 14.1. The van der Waals surface area contributed by atoms with Gasteiger partial charge in [0, 0.05) is 80.5 Å². The first kappa shape index (κ1) is 38.1. The molecule has 0 atom stereocenters. The molecule has 0 amide bonds. The number of hydrogen-bond acceptors (Lipinski definition) is 7. The number of anilines is 9. The molecule has 5 aliphatic rings. The quantitative estimate of drug-likeness (QED) is 0.148. The van der Waals surface area contributed by atoms with E-state index in [1.165, 1.54) is 0 Å². The van der Waals surface area contributed by atoms with E-state index >= 15 is 0 Å². The molecule has 0 radical (unpaired) electrons. The molecule has 7 nitrogen and oxygen atoms in total. The lowest BCUT2D eigenvalue weighted by molar-refractivity contribution is 0.453. The highest BCUT2D eigenvalue weighted by molar-refractivity contribution is 7.02. The summed E-state index contributed by atoms with van der Waals surface area (Å²) in [6.07, 6.45) is 0. The van der Waals surface area contributed by atoms with E-state index in [1.807, 2.05) is 24.3 Å². The van der Waals surface area contributed by atoms with Gasteiger partial charge in [-0.1, -0.05) is 109 Å². The first-order valence-electron chi connectivity index (χ1n) is 23.4. The van der Waals surface area contributed by atoms with Gasteiger partial charge in [0.15, 0.2) is 0 Å². The van der Waals surface area contributed by atoms with Gasteiger partial charge in [0.2, 0.25) is 0 Å². The van der Waals surface area contributed by atoms with E-state index in [1.54, 1.807) is 0 Å². The molecule has 5 aliphatic heterocycles. The Labute approximate surface area is 399 Å². The zero-order valence-corrected chi connectivity index (χ0v) is 37.0. The Morgan fingerprint density at radius 1 is 0.275 bits per heavy atom. The molecular weight excluding hydrogens is 848 g/mol. The Morgan fingerprint density at radius 3 is 1.13 bits per heavy atom. The van der Waals surface area contributed by atoms with Gasteiger partial charge >= 0.3 is 0 Å². The number of hydrogen-bond donors (Lipinski definition) is 0. The van der Waals surface area contributed by atoms with Crippen molar-refractivity contribution in [3.8, 4) is 46.0 Å². The highest BCUT2D eigenvalue weighted by Gasteiger charge is 2.49. The molecule has 15 rings (SSSR count). The standard InChI is InChI=1S/C60H37B2N3O4/c1-6-18-38(19-7-1)63(39-20-8-2-9-21-39)43-32-48-57-54(33-43)67-51-30-16-28-49-58(51)61(57)45-36-46-53(37-47(45)65(48)42-26-14-5-15-27-42)69-56-35-44(64(40-22-10-3-11-23-40)41-24-12-4-13-25-41)34-55-60(56)62(46)59-50(66-49)29-17-31-52(59)68-55/h1-37H. The molecule has 0 unspecified atom stereocenters. The highest BCUT2D eigenvalue weighted by atomic mass is 16.5. The zero-order valence-electron chi connectivity index (χ0n) is 37.0. The van der Waals surface area contributed by atoms with E-state index in [4.69, 9.17) is 18.9 Å². The molecule has 69 heavy (non-hydrogen) atoms. The van der Waals surface area contributed by atoms with Crippen LogP contribution in [0.3, 0.4) is 0 Å². The van der Waals surface area contributed by atoms with Gasteiger partial charge in [0.05, 0.1) is 11.4 Å². The van der Waals surface area contributed by atoms with Gasteiger partial charge in [-0.2, -0.15) is 0 Å². The Balaban J connectivity index is 1.01. The van der Waals surface area contributed by atoms with E-state index in [9.17, 15) is 0 Å². The number of para-hydroxylation sites is 5. The van der Waals surface area contributed by atoms with Crippen LogP contribution in [0.25, 0.3) is 0 Å². The lowest BCUT2D eigenvalue weighted by Crippen LogP contribution is -2.63. The van der Waals surface area contributed by atoms with Crippen LogP contribution in [0.5, 0.6) is 46.0 Å². The lowest BCUT2D eigenvalue weighted by Gasteiger charge is -2.43. The van der Waals surface area contributed by atoms with Crippen molar-refractivity contribution in [1.29, 1.82) is 0 Å². The average Bonchev–Trinajstić information content (AvgIpc) is 3.39. The average molecular weight is 886 g/mol. The number of ether oxygens (including phenoxy) is 4. The van der Waals surface area contributed by atoms with Crippen molar-refractivity contribution in [2.45, 2.75) is 0 Å². The second-order valence-electron chi connectivity index (χ2n) is 18.0. The van der Waals surface area contributed by atoms with Gasteiger partial charge in [-0.25, -0.2) is 0 Å². The molecule has 0 aliphatic carbocycles. The Bertz CT molecular complexity index is 3630. The first-order valence-corrected chi connectivity index (χ1v) is 23.4. The topological polar surface area (TPSA) is 46.6 Å². The summed E-state index contributed by atoms with van der Waals surface area (Å²) < 4.78 is 28.8. The number of rotatable bonds is 7. The van der Waals surface area contributed by atoms with Crippen molar-refractivity contribution in [3.63, 3.8) is 0 Å². The van der Waals surface area contributed by atoms with E-state index in [0.717, 1.165) is 130 Å². The first-order chi connectivity index (χ1) is 34.2. The summed E-state index contributed by atoms with van der Waals surface area (Å²) in [7, 11) is 0. The lowest BCUT2D eigenvalue weighted by atomic mass is 9.30. The second-order valence-corrected chi connectivity index (χ2v) is 18.0. The largest absolute Gasteiger partial charge is 0.458 e. The summed E-state index contributed by atoms with van der Waals surface area (Å²) in [4.78, 5) is 6.95. The van der Waals surface area contributed by atoms with E-state index in [0.29, 0.717) is 0 Å². The summed E-state index contributed by atoms with van der Waals surface area (Å²) in [6.45, 7) is -0.507. The van der Waals surface area contributed by atoms with Gasteiger partial charge < -0.3 is 33.6 Å². The SMILES string of the molecule is c1ccc(N(c2ccccc2)c2cc3c4c(c2)Oc2cccc5c2B4c2cc4c(cc2O3)N(c2ccccc2)c2cc(N(c3ccccc3)c3ccccc3)cc3c2B4c2c(cccc2O3)O5)cc1. The molecule has 5 heterocycles. The molecule has 10 aromatic rings. The van der Waals surface area contributed by atoms with Crippen LogP contribution in [0.2, 0.25) is 0 Å². The van der Waals surface area contributed by atoms with Crippen molar-refractivity contribution in [3.05, 3.63) is 224 Å². The van der Waals surface area contributed by atoms with Gasteiger partial charge in [-0.3, -0.25) is 0 Å². The predicted molar refractivity (Wildman–Crippen MR) is 279 cm³/mol. The predicted octanol–water partition coefficient (Wildman–Crippen LogP) is 11.9. The normalized spacial score (nSPS) is 13.3. The van der Waals surface area contributed by atoms with Crippen LogP contribution < -0.4 is 66.4 Å². The molecule has 322 valence electrons. The minimum Gasteiger partial charge on any atom is -0.458 e. The van der Waals surface area contributed by atoms with Gasteiger partial charge in [-0.15, -0.1) is 0 Å². The Kier molecular flexibility index (Phi) is 8.12. The maximum atomic E-state index is 7.34. The van der Waals surface area contributed by atoms with Gasteiger partial charge in [0.1, 0.15) is 46.0 Å². The molecule has 0 saturated carbocycles. The molecule has 0 aromatic heterocycles. The Hall–Kier alpha value is -9.07. The van der Waals surface area contributed by atoms with Crippen molar-refractivity contribution in [1.82, 2.24) is 0 Å². The maximum Gasteiger partial charge on any atom is 0.265 e. The van der Waals surface area contributed by atoms with E-state index < -0.39 is 0 Å². The summed E-state index contributed by atoms with van der Waals surface area (Å²) in [5.41, 5.74) is 15.2. The minimum atomic E-state index is -0.261. The molecule has 0 fully saturated rings. The molecule has 2 bridgehead atoms. The molecule has 10 aromatic carbocycles. The van der Waals surface area contributed by atoms with Crippen molar-refractivity contribution < 1.29 is 18.9 Å². The fourth-order valence-corrected chi connectivity index (χ4v) is 11.3. The molecule has 9 heteroatoms. The van der Waals surface area contributed by atoms with Crippen molar-refractivity contribution in [2.75, 3.05) is 14.7 Å². The maximum absolute atomic E-state index is 7.34. The summed E-state index contributed by atoms with van der Waals surface area (Å²) in [5.74, 6) is 6.02. The zero-order chi connectivity index (χ0) is 45.2. The summed E-state index contributed by atoms with van der Waals surface area (Å²) >= 11 is 0. The fraction of sp³-hybridized carbons (Fsp3) is 0. The smallest absolute Gasteiger partial charge is 0.265 e. The third-order valence-electron chi connectivity index (χ3n) is 14.1. The van der Waals surface area contributed by atoms with Crippen LogP contribution in [0.4, 0.5) is 51.2 Å². The highest BCUT2D eigenvalue weighted by Crippen LogP contribution is 2.49. The number of nitrogens with zero attached hydrogens (tertiary/aromatic N) is 3. The second kappa shape index (κ2) is 14.7. The molecule has 0 N–H and O–H groups in total. The summed E-state index contributed by atoms with van der Waals surface area (Å²) in [5, 5.41) is 0. The molecule has 0 spiro atoms. The van der Waals surface area contributed by atoms with Crippen LogP contribution in [0.1, 0.15) is 0 Å². The minimum absolute atomic E-state index is 0.246.